The minimum absolute atomic E-state index is 0.124. The van der Waals surface area contributed by atoms with Crippen molar-refractivity contribution in [3.8, 4) is 5.75 Å². The predicted octanol–water partition coefficient (Wildman–Crippen LogP) is 2.59. The van der Waals surface area contributed by atoms with Crippen LogP contribution in [0, 0.1) is 0 Å². The van der Waals surface area contributed by atoms with Gasteiger partial charge in [0.25, 0.3) is 5.91 Å². The minimum atomic E-state index is -0.177. The normalized spacial score (nSPS) is 15.2. The van der Waals surface area contributed by atoms with Gasteiger partial charge < -0.3 is 10.1 Å². The second kappa shape index (κ2) is 6.57. The molecule has 1 aromatic rings. The summed E-state index contributed by atoms with van der Waals surface area (Å²) < 4.78 is 5.36. The molecule has 5 heteroatoms. The average Bonchev–Trinajstić information content (AvgIpc) is 2.89. The van der Waals surface area contributed by atoms with Gasteiger partial charge in [-0.1, -0.05) is 30.5 Å². The number of nitrogens with one attached hydrogen (secondary N) is 1. The van der Waals surface area contributed by atoms with Gasteiger partial charge in [-0.2, -0.15) is 0 Å². The Morgan fingerprint density at radius 3 is 2.84 bits per heavy atom. The van der Waals surface area contributed by atoms with E-state index in [1.54, 1.807) is 18.2 Å². The van der Waals surface area contributed by atoms with Crippen LogP contribution in [0.2, 0.25) is 5.02 Å². The first kappa shape index (κ1) is 13.9. The van der Waals surface area contributed by atoms with Crippen molar-refractivity contribution in [2.45, 2.75) is 31.7 Å². The number of halogens is 1. The number of hydrogen-bond donors (Lipinski definition) is 1. The molecule has 0 saturated heterocycles. The molecule has 2 rings (SSSR count). The molecule has 0 bridgehead atoms. The van der Waals surface area contributed by atoms with Crippen molar-refractivity contribution >= 4 is 23.8 Å². The van der Waals surface area contributed by atoms with E-state index in [0.717, 1.165) is 25.7 Å². The zero-order valence-corrected chi connectivity index (χ0v) is 11.3. The Morgan fingerprint density at radius 2 is 2.16 bits per heavy atom. The number of para-hydroxylation sites is 1. The number of rotatable bonds is 5. The summed E-state index contributed by atoms with van der Waals surface area (Å²) in [5, 5.41) is 3.24. The summed E-state index contributed by atoms with van der Waals surface area (Å²) in [5.74, 6) is 0.0874. The first-order valence-electron chi connectivity index (χ1n) is 6.36. The van der Waals surface area contributed by atoms with Gasteiger partial charge in [-0.25, -0.2) is 0 Å². The molecule has 19 heavy (non-hydrogen) atoms. The number of ether oxygens (including phenoxy) is 1. The van der Waals surface area contributed by atoms with Gasteiger partial charge in [0.15, 0.2) is 12.9 Å². The smallest absolute Gasteiger partial charge is 0.258 e. The summed E-state index contributed by atoms with van der Waals surface area (Å²) in [6, 6.07) is 5.15. The van der Waals surface area contributed by atoms with E-state index < -0.39 is 0 Å². The fraction of sp³-hybridized carbons (Fsp3) is 0.429. The lowest BCUT2D eigenvalue weighted by molar-refractivity contribution is -0.123. The van der Waals surface area contributed by atoms with Crippen LogP contribution in [0.4, 0.5) is 0 Å². The van der Waals surface area contributed by atoms with E-state index >= 15 is 0 Å². The minimum Gasteiger partial charge on any atom is -0.481 e. The van der Waals surface area contributed by atoms with Crippen molar-refractivity contribution < 1.29 is 14.3 Å². The first-order chi connectivity index (χ1) is 9.20. The van der Waals surface area contributed by atoms with E-state index in [9.17, 15) is 9.59 Å². The van der Waals surface area contributed by atoms with Gasteiger partial charge in [0.2, 0.25) is 0 Å². The quantitative estimate of drug-likeness (QED) is 0.844. The summed E-state index contributed by atoms with van der Waals surface area (Å²) in [6.07, 6.45) is 5.03. The van der Waals surface area contributed by atoms with E-state index in [0.29, 0.717) is 16.9 Å². The molecule has 0 atom stereocenters. The number of aldehydes is 1. The highest BCUT2D eigenvalue weighted by Gasteiger charge is 2.17. The number of carbonyl (C=O) groups excluding carboxylic acids is 2. The maximum Gasteiger partial charge on any atom is 0.258 e. The first-order valence-corrected chi connectivity index (χ1v) is 6.74. The molecule has 1 aromatic carbocycles. The van der Waals surface area contributed by atoms with E-state index in [1.807, 2.05) is 0 Å². The van der Waals surface area contributed by atoms with Crippen LogP contribution >= 0.6 is 11.6 Å². The summed E-state index contributed by atoms with van der Waals surface area (Å²) in [5.41, 5.74) is 0.348. The van der Waals surface area contributed by atoms with Crippen LogP contribution in [0.5, 0.6) is 5.75 Å². The number of amides is 1. The van der Waals surface area contributed by atoms with Gasteiger partial charge in [0.1, 0.15) is 5.75 Å². The molecule has 1 amide bonds. The molecule has 102 valence electrons. The highest BCUT2D eigenvalue weighted by atomic mass is 35.5. The van der Waals surface area contributed by atoms with Crippen molar-refractivity contribution in [2.24, 2.45) is 0 Å². The third-order valence-electron chi connectivity index (χ3n) is 3.19. The summed E-state index contributed by atoms with van der Waals surface area (Å²) in [4.78, 5) is 22.6. The molecule has 0 heterocycles. The number of carbonyl (C=O) groups is 2. The maximum atomic E-state index is 11.7. The van der Waals surface area contributed by atoms with Crippen LogP contribution < -0.4 is 10.1 Å². The fourth-order valence-corrected chi connectivity index (χ4v) is 2.48. The summed E-state index contributed by atoms with van der Waals surface area (Å²) >= 11 is 5.95. The Hall–Kier alpha value is -1.55. The zero-order valence-electron chi connectivity index (χ0n) is 10.5. The summed E-state index contributed by atoms with van der Waals surface area (Å²) in [7, 11) is 0. The summed E-state index contributed by atoms with van der Waals surface area (Å²) in [6.45, 7) is -0.124. The predicted molar refractivity (Wildman–Crippen MR) is 72.7 cm³/mol. The Labute approximate surface area is 117 Å². The van der Waals surface area contributed by atoms with Crippen molar-refractivity contribution in [3.05, 3.63) is 28.8 Å². The molecular weight excluding hydrogens is 266 g/mol. The highest BCUT2D eigenvalue weighted by Crippen LogP contribution is 2.27. The van der Waals surface area contributed by atoms with E-state index in [2.05, 4.69) is 5.32 Å². The molecule has 0 unspecified atom stereocenters. The highest BCUT2D eigenvalue weighted by molar-refractivity contribution is 6.32. The van der Waals surface area contributed by atoms with Crippen LogP contribution in [0.3, 0.4) is 0 Å². The van der Waals surface area contributed by atoms with E-state index in [1.165, 1.54) is 0 Å². The van der Waals surface area contributed by atoms with Crippen molar-refractivity contribution in [2.75, 3.05) is 6.61 Å². The van der Waals surface area contributed by atoms with Crippen LogP contribution in [0.25, 0.3) is 0 Å². The van der Waals surface area contributed by atoms with Gasteiger partial charge in [0, 0.05) is 6.04 Å². The van der Waals surface area contributed by atoms with E-state index in [-0.39, 0.29) is 24.3 Å². The van der Waals surface area contributed by atoms with Crippen LogP contribution in [-0.2, 0) is 4.79 Å². The lowest BCUT2D eigenvalue weighted by Gasteiger charge is -2.13. The molecule has 1 aliphatic rings. The van der Waals surface area contributed by atoms with Crippen molar-refractivity contribution in [3.63, 3.8) is 0 Å². The Morgan fingerprint density at radius 1 is 1.42 bits per heavy atom. The average molecular weight is 282 g/mol. The standard InChI is InChI=1S/C14H16ClNO3/c15-12-7-3-4-10(8-17)14(12)19-9-13(18)16-11-5-1-2-6-11/h3-4,7-8,11H,1-2,5-6,9H2,(H,16,18). The van der Waals surface area contributed by atoms with Crippen LogP contribution in [-0.4, -0.2) is 24.8 Å². The maximum absolute atomic E-state index is 11.7. The SMILES string of the molecule is O=Cc1cccc(Cl)c1OCC(=O)NC1CCCC1. The molecule has 1 saturated carbocycles. The fourth-order valence-electron chi connectivity index (χ4n) is 2.25. The molecule has 1 fully saturated rings. The van der Waals surface area contributed by atoms with E-state index in [4.69, 9.17) is 16.3 Å². The van der Waals surface area contributed by atoms with Gasteiger partial charge in [-0.3, -0.25) is 9.59 Å². The molecule has 0 aliphatic heterocycles. The molecule has 0 spiro atoms. The monoisotopic (exact) mass is 281 g/mol. The lowest BCUT2D eigenvalue weighted by Crippen LogP contribution is -2.36. The van der Waals surface area contributed by atoms with Gasteiger partial charge >= 0.3 is 0 Å². The number of hydrogen-bond acceptors (Lipinski definition) is 3. The molecule has 4 nitrogen and oxygen atoms in total. The van der Waals surface area contributed by atoms with Gasteiger partial charge in [0.05, 0.1) is 10.6 Å². The largest absolute Gasteiger partial charge is 0.481 e. The second-order valence-electron chi connectivity index (χ2n) is 4.61. The Kier molecular flexibility index (Phi) is 4.80. The lowest BCUT2D eigenvalue weighted by atomic mass is 10.2. The van der Waals surface area contributed by atoms with Crippen molar-refractivity contribution in [1.29, 1.82) is 0 Å². The molecule has 0 radical (unpaired) electrons. The Balaban J connectivity index is 1.91. The van der Waals surface area contributed by atoms with Gasteiger partial charge in [-0.05, 0) is 25.0 Å². The Bertz CT molecular complexity index is 470. The second-order valence-corrected chi connectivity index (χ2v) is 5.02. The topological polar surface area (TPSA) is 55.4 Å². The molecule has 1 aliphatic carbocycles. The third kappa shape index (κ3) is 3.70. The molecular formula is C14H16ClNO3. The molecule has 1 N–H and O–H groups in total. The number of benzene rings is 1. The van der Waals surface area contributed by atoms with Crippen molar-refractivity contribution in [1.82, 2.24) is 5.32 Å². The van der Waals surface area contributed by atoms with Gasteiger partial charge in [-0.15, -0.1) is 0 Å². The zero-order chi connectivity index (χ0) is 13.7. The van der Waals surface area contributed by atoms with Crippen LogP contribution in [0.15, 0.2) is 18.2 Å². The third-order valence-corrected chi connectivity index (χ3v) is 3.49. The molecule has 0 aromatic heterocycles. The van der Waals surface area contributed by atoms with Crippen LogP contribution in [0.1, 0.15) is 36.0 Å².